The van der Waals surface area contributed by atoms with Crippen LogP contribution in [0.1, 0.15) is 35.7 Å². The monoisotopic (exact) mass is 273 g/mol. The van der Waals surface area contributed by atoms with Crippen LogP contribution in [0.2, 0.25) is 0 Å². The Morgan fingerprint density at radius 3 is 2.90 bits per heavy atom. The predicted molar refractivity (Wildman–Crippen MR) is 76.4 cm³/mol. The lowest BCUT2D eigenvalue weighted by Gasteiger charge is -2.18. The minimum Gasteiger partial charge on any atom is -0.384 e. The van der Waals surface area contributed by atoms with E-state index in [2.05, 4.69) is 15.1 Å². The number of hydrogen-bond acceptors (Lipinski definition) is 6. The molecule has 0 amide bonds. The third-order valence-corrected chi connectivity index (χ3v) is 3.65. The smallest absolute Gasteiger partial charge is 0.140 e. The van der Waals surface area contributed by atoms with Crippen molar-refractivity contribution in [2.45, 2.75) is 39.2 Å². The molecule has 0 aliphatic heterocycles. The van der Waals surface area contributed by atoms with Gasteiger partial charge in [-0.25, -0.2) is 9.97 Å². The van der Waals surface area contributed by atoms with Crippen LogP contribution in [0.5, 0.6) is 0 Å². The zero-order chi connectivity index (χ0) is 14.1. The Bertz CT molecular complexity index is 602. The Hall–Kier alpha value is -2.11. The summed E-state index contributed by atoms with van der Waals surface area (Å²) in [5.74, 6) is 3.02. The maximum atomic E-state index is 5.77. The van der Waals surface area contributed by atoms with E-state index < -0.39 is 0 Å². The van der Waals surface area contributed by atoms with Crippen molar-refractivity contribution in [3.8, 4) is 0 Å². The van der Waals surface area contributed by atoms with Gasteiger partial charge >= 0.3 is 0 Å². The third kappa shape index (κ3) is 2.45. The average molecular weight is 273 g/mol. The van der Waals surface area contributed by atoms with Crippen molar-refractivity contribution in [1.29, 1.82) is 0 Å². The van der Waals surface area contributed by atoms with Crippen molar-refractivity contribution in [1.82, 2.24) is 15.1 Å². The molecule has 6 nitrogen and oxygen atoms in total. The summed E-state index contributed by atoms with van der Waals surface area (Å²) < 4.78 is 5.44. The molecule has 106 valence electrons. The highest BCUT2D eigenvalue weighted by atomic mass is 16.5. The van der Waals surface area contributed by atoms with Crippen molar-refractivity contribution >= 4 is 11.6 Å². The van der Waals surface area contributed by atoms with Crippen molar-refractivity contribution in [2.24, 2.45) is 0 Å². The van der Waals surface area contributed by atoms with E-state index in [0.29, 0.717) is 18.2 Å². The number of rotatable bonds is 3. The fourth-order valence-corrected chi connectivity index (χ4v) is 2.65. The Morgan fingerprint density at radius 1 is 1.30 bits per heavy atom. The highest BCUT2D eigenvalue weighted by Crippen LogP contribution is 2.25. The number of aryl methyl sites for hydroxylation is 2. The number of nitrogen functional groups attached to an aromatic ring is 1. The number of aromatic nitrogens is 3. The molecule has 0 spiro atoms. The van der Waals surface area contributed by atoms with Gasteiger partial charge in [0.25, 0.3) is 0 Å². The second-order valence-electron chi connectivity index (χ2n) is 5.29. The number of anilines is 2. The minimum atomic E-state index is 0.488. The van der Waals surface area contributed by atoms with Gasteiger partial charge in [-0.1, -0.05) is 5.16 Å². The van der Waals surface area contributed by atoms with Gasteiger partial charge in [0.2, 0.25) is 0 Å². The van der Waals surface area contributed by atoms with Crippen LogP contribution >= 0.6 is 0 Å². The van der Waals surface area contributed by atoms with E-state index >= 15 is 0 Å². The van der Waals surface area contributed by atoms with Gasteiger partial charge in [-0.05, 0) is 26.2 Å². The first kappa shape index (κ1) is 12.9. The molecule has 6 heteroatoms. The fraction of sp³-hybridized carbons (Fsp3) is 0.500. The van der Waals surface area contributed by atoms with E-state index in [1.54, 1.807) is 6.07 Å². The minimum absolute atomic E-state index is 0.488. The molecule has 0 radical (unpaired) electrons. The topological polar surface area (TPSA) is 81.1 Å². The lowest BCUT2D eigenvalue weighted by atomic mass is 9.96. The summed E-state index contributed by atoms with van der Waals surface area (Å²) in [5.41, 5.74) is 8.06. The molecule has 0 saturated heterocycles. The first-order valence-electron chi connectivity index (χ1n) is 6.92. The van der Waals surface area contributed by atoms with E-state index in [1.807, 2.05) is 18.9 Å². The molecular weight excluding hydrogens is 254 g/mol. The Labute approximate surface area is 118 Å². The fourth-order valence-electron chi connectivity index (χ4n) is 2.65. The van der Waals surface area contributed by atoms with Crippen molar-refractivity contribution in [3.63, 3.8) is 0 Å². The van der Waals surface area contributed by atoms with Crippen LogP contribution in [0.15, 0.2) is 10.6 Å². The molecule has 0 saturated carbocycles. The van der Waals surface area contributed by atoms with Gasteiger partial charge < -0.3 is 15.2 Å². The van der Waals surface area contributed by atoms with Crippen molar-refractivity contribution in [2.75, 3.05) is 17.7 Å². The van der Waals surface area contributed by atoms with E-state index in [0.717, 1.165) is 30.1 Å². The molecule has 0 fully saturated rings. The van der Waals surface area contributed by atoms with Gasteiger partial charge in [-0.3, -0.25) is 0 Å². The first-order valence-corrected chi connectivity index (χ1v) is 6.92. The Morgan fingerprint density at radius 2 is 2.10 bits per heavy atom. The Balaban J connectivity index is 1.82. The number of nitrogens with two attached hydrogens (primary N) is 1. The van der Waals surface area contributed by atoms with Crippen molar-refractivity contribution in [3.05, 3.63) is 28.9 Å². The highest BCUT2D eigenvalue weighted by Gasteiger charge is 2.20. The van der Waals surface area contributed by atoms with Crippen LogP contribution in [0.4, 0.5) is 11.6 Å². The van der Waals surface area contributed by atoms with Crippen molar-refractivity contribution < 1.29 is 4.52 Å². The molecule has 0 aromatic carbocycles. The van der Waals surface area contributed by atoms with E-state index in [9.17, 15) is 0 Å². The van der Waals surface area contributed by atoms with E-state index in [-0.39, 0.29) is 0 Å². The third-order valence-electron chi connectivity index (χ3n) is 3.65. The van der Waals surface area contributed by atoms with Gasteiger partial charge in [0.15, 0.2) is 0 Å². The summed E-state index contributed by atoms with van der Waals surface area (Å²) in [4.78, 5) is 10.5. The summed E-state index contributed by atoms with van der Waals surface area (Å²) in [6.07, 6.45) is 4.47. The molecular formula is C14H19N5O. The van der Waals surface area contributed by atoms with Crippen LogP contribution in [-0.2, 0) is 19.4 Å². The standard InChI is InChI=1S/C14H19N5O/c1-9-16-13(15)7-14(17-9)19(2)8-11-10-5-3-4-6-12(10)20-18-11/h7H,3-6,8H2,1-2H3,(H2,15,16,17). The summed E-state index contributed by atoms with van der Waals surface area (Å²) in [6.45, 7) is 2.51. The summed E-state index contributed by atoms with van der Waals surface area (Å²) in [5, 5.41) is 4.22. The normalized spacial score (nSPS) is 14.1. The molecule has 2 N–H and O–H groups in total. The van der Waals surface area contributed by atoms with E-state index in [1.165, 1.54) is 18.4 Å². The summed E-state index contributed by atoms with van der Waals surface area (Å²) in [6, 6.07) is 1.78. The SMILES string of the molecule is Cc1nc(N)cc(N(C)Cc2noc3c2CCCC3)n1. The van der Waals surface area contributed by atoms with Crippen LogP contribution < -0.4 is 10.6 Å². The molecule has 3 rings (SSSR count). The molecule has 0 bridgehead atoms. The summed E-state index contributed by atoms with van der Waals surface area (Å²) in [7, 11) is 1.98. The second kappa shape index (κ2) is 5.11. The Kier molecular flexibility index (Phi) is 3.30. The largest absolute Gasteiger partial charge is 0.384 e. The molecule has 0 unspecified atom stereocenters. The maximum Gasteiger partial charge on any atom is 0.140 e. The average Bonchev–Trinajstić information content (AvgIpc) is 2.81. The van der Waals surface area contributed by atoms with Gasteiger partial charge in [0.1, 0.15) is 28.9 Å². The molecule has 0 atom stereocenters. The maximum absolute atomic E-state index is 5.77. The molecule has 1 aliphatic carbocycles. The number of hydrogen-bond donors (Lipinski definition) is 1. The molecule has 2 aromatic heterocycles. The molecule has 2 heterocycles. The van der Waals surface area contributed by atoms with Crippen LogP contribution in [-0.4, -0.2) is 22.2 Å². The van der Waals surface area contributed by atoms with Gasteiger partial charge in [-0.2, -0.15) is 0 Å². The van der Waals surface area contributed by atoms with E-state index in [4.69, 9.17) is 10.3 Å². The van der Waals surface area contributed by atoms with Gasteiger partial charge in [0, 0.05) is 25.1 Å². The molecule has 20 heavy (non-hydrogen) atoms. The molecule has 1 aliphatic rings. The number of nitrogens with zero attached hydrogens (tertiary/aromatic N) is 4. The van der Waals surface area contributed by atoms with Crippen LogP contribution in [0.3, 0.4) is 0 Å². The second-order valence-corrected chi connectivity index (χ2v) is 5.29. The first-order chi connectivity index (χ1) is 9.63. The predicted octanol–water partition coefficient (Wildman–Crippen LogP) is 1.87. The zero-order valence-electron chi connectivity index (χ0n) is 11.9. The lowest BCUT2D eigenvalue weighted by molar-refractivity contribution is 0.368. The summed E-state index contributed by atoms with van der Waals surface area (Å²) >= 11 is 0. The van der Waals surface area contributed by atoms with Gasteiger partial charge in [0.05, 0.1) is 6.54 Å². The lowest BCUT2D eigenvalue weighted by Crippen LogP contribution is -2.20. The highest BCUT2D eigenvalue weighted by molar-refractivity contribution is 5.47. The zero-order valence-corrected chi connectivity index (χ0v) is 11.9. The van der Waals surface area contributed by atoms with Crippen LogP contribution in [0, 0.1) is 6.92 Å². The number of fused-ring (bicyclic) bond motifs is 1. The van der Waals surface area contributed by atoms with Crippen LogP contribution in [0.25, 0.3) is 0 Å². The molecule has 2 aromatic rings. The van der Waals surface area contributed by atoms with Gasteiger partial charge in [-0.15, -0.1) is 0 Å². The quantitative estimate of drug-likeness (QED) is 0.919.